The van der Waals surface area contributed by atoms with Crippen LogP contribution in [0.3, 0.4) is 0 Å². The Morgan fingerprint density at radius 2 is 1.96 bits per heavy atom. The van der Waals surface area contributed by atoms with E-state index in [0.717, 1.165) is 16.8 Å². The lowest BCUT2D eigenvalue weighted by molar-refractivity contribution is -0.111. The first-order valence-corrected chi connectivity index (χ1v) is 7.55. The van der Waals surface area contributed by atoms with Crippen LogP contribution in [0.5, 0.6) is 0 Å². The second kappa shape index (κ2) is 6.91. The van der Waals surface area contributed by atoms with Crippen LogP contribution in [0.1, 0.15) is 18.4 Å². The fourth-order valence-electron chi connectivity index (χ4n) is 2.24. The van der Waals surface area contributed by atoms with Crippen LogP contribution in [0.2, 0.25) is 0 Å². The molecule has 3 aromatic rings. The fraction of sp³-hybridized carbons (Fsp3) is 0.105. The second-order valence-corrected chi connectivity index (χ2v) is 5.39. The Morgan fingerprint density at radius 3 is 2.62 bits per heavy atom. The van der Waals surface area contributed by atoms with Crippen LogP contribution in [0.15, 0.2) is 65.4 Å². The number of aryl methyl sites for hydroxylation is 1. The number of carbonyl (C=O) groups excluding carboxylic acids is 1. The topological polar surface area (TPSA) is 68.0 Å². The van der Waals surface area contributed by atoms with Gasteiger partial charge in [0, 0.05) is 29.2 Å². The Kier molecular flexibility index (Phi) is 4.52. The predicted molar refractivity (Wildman–Crippen MR) is 93.2 cm³/mol. The summed E-state index contributed by atoms with van der Waals surface area (Å²) >= 11 is 0. The molecular formula is C19H17N3O2. The van der Waals surface area contributed by atoms with Crippen molar-refractivity contribution in [3.8, 4) is 11.4 Å². The van der Waals surface area contributed by atoms with Crippen LogP contribution in [-0.4, -0.2) is 15.9 Å². The summed E-state index contributed by atoms with van der Waals surface area (Å²) in [6.07, 6.45) is 4.82. The van der Waals surface area contributed by atoms with Gasteiger partial charge in [0.1, 0.15) is 5.76 Å². The largest absolute Gasteiger partial charge is 0.465 e. The average Bonchev–Trinajstić information content (AvgIpc) is 3.10. The van der Waals surface area contributed by atoms with E-state index < -0.39 is 0 Å². The summed E-state index contributed by atoms with van der Waals surface area (Å²) in [5, 5.41) is 2.83. The van der Waals surface area contributed by atoms with Crippen molar-refractivity contribution in [1.29, 1.82) is 0 Å². The number of furan rings is 1. The molecule has 1 amide bonds. The minimum absolute atomic E-state index is 0.205. The highest BCUT2D eigenvalue weighted by Gasteiger charge is 2.05. The summed E-state index contributed by atoms with van der Waals surface area (Å²) in [5.74, 6) is 1.14. The lowest BCUT2D eigenvalue weighted by Crippen LogP contribution is -2.08. The lowest BCUT2D eigenvalue weighted by atomic mass is 10.2. The molecule has 5 heteroatoms. The maximum atomic E-state index is 12.1. The van der Waals surface area contributed by atoms with Crippen LogP contribution in [0.25, 0.3) is 17.0 Å². The van der Waals surface area contributed by atoms with Crippen molar-refractivity contribution in [3.63, 3.8) is 0 Å². The van der Waals surface area contributed by atoms with Gasteiger partial charge in [0.15, 0.2) is 5.82 Å². The second-order valence-electron chi connectivity index (χ2n) is 5.39. The molecule has 0 radical (unpaired) electrons. The number of hydrogen-bond acceptors (Lipinski definition) is 4. The SMILES string of the molecule is C/C(=C\C(=O)Nc1ccc(-c2nccc(C)n2)cc1)c1ccco1. The number of anilines is 1. The van der Waals surface area contributed by atoms with E-state index in [0.29, 0.717) is 17.3 Å². The number of amides is 1. The van der Waals surface area contributed by atoms with E-state index in [4.69, 9.17) is 4.42 Å². The van der Waals surface area contributed by atoms with E-state index in [1.54, 1.807) is 18.5 Å². The first kappa shape index (κ1) is 15.7. The zero-order valence-electron chi connectivity index (χ0n) is 13.5. The van der Waals surface area contributed by atoms with Gasteiger partial charge in [-0.05, 0) is 61.9 Å². The van der Waals surface area contributed by atoms with Crippen LogP contribution in [0.4, 0.5) is 5.69 Å². The van der Waals surface area contributed by atoms with Gasteiger partial charge in [-0.25, -0.2) is 9.97 Å². The Hall–Kier alpha value is -3.21. The maximum absolute atomic E-state index is 12.1. The number of hydrogen-bond donors (Lipinski definition) is 1. The van der Waals surface area contributed by atoms with Gasteiger partial charge in [-0.3, -0.25) is 4.79 Å². The summed E-state index contributed by atoms with van der Waals surface area (Å²) in [7, 11) is 0. The normalized spacial score (nSPS) is 11.3. The molecule has 0 bridgehead atoms. The van der Waals surface area contributed by atoms with E-state index in [-0.39, 0.29) is 5.91 Å². The number of aromatic nitrogens is 2. The quantitative estimate of drug-likeness (QED) is 0.736. The molecule has 0 fully saturated rings. The highest BCUT2D eigenvalue weighted by molar-refractivity contribution is 6.03. The standard InChI is InChI=1S/C19H17N3O2/c1-13(17-4-3-11-24-17)12-18(23)22-16-7-5-15(6-8-16)19-20-10-9-14(2)21-19/h3-12H,1-2H3,(H,22,23)/b13-12+. The fourth-order valence-corrected chi connectivity index (χ4v) is 2.24. The highest BCUT2D eigenvalue weighted by atomic mass is 16.3. The van der Waals surface area contributed by atoms with Crippen LogP contribution < -0.4 is 5.32 Å². The monoisotopic (exact) mass is 319 g/mol. The number of benzene rings is 1. The van der Waals surface area contributed by atoms with Crippen molar-refractivity contribution in [2.24, 2.45) is 0 Å². The van der Waals surface area contributed by atoms with E-state index in [1.165, 1.54) is 6.08 Å². The number of allylic oxidation sites excluding steroid dienone is 1. The molecule has 0 saturated carbocycles. The summed E-state index contributed by atoms with van der Waals surface area (Å²) < 4.78 is 5.26. The zero-order chi connectivity index (χ0) is 16.9. The molecule has 0 aliphatic rings. The first-order chi connectivity index (χ1) is 11.6. The van der Waals surface area contributed by atoms with Gasteiger partial charge in [-0.2, -0.15) is 0 Å². The van der Waals surface area contributed by atoms with Gasteiger partial charge >= 0.3 is 0 Å². The molecule has 0 aliphatic heterocycles. The van der Waals surface area contributed by atoms with E-state index in [9.17, 15) is 4.79 Å². The maximum Gasteiger partial charge on any atom is 0.248 e. The van der Waals surface area contributed by atoms with Gasteiger partial charge in [0.25, 0.3) is 0 Å². The van der Waals surface area contributed by atoms with Crippen LogP contribution >= 0.6 is 0 Å². The van der Waals surface area contributed by atoms with Crippen molar-refractivity contribution in [2.45, 2.75) is 13.8 Å². The molecule has 0 unspecified atom stereocenters. The van der Waals surface area contributed by atoms with E-state index in [1.807, 2.05) is 50.2 Å². The summed E-state index contributed by atoms with van der Waals surface area (Å²) in [4.78, 5) is 20.7. The zero-order valence-corrected chi connectivity index (χ0v) is 13.5. The third-order valence-electron chi connectivity index (χ3n) is 3.46. The summed E-state index contributed by atoms with van der Waals surface area (Å²) in [6.45, 7) is 3.75. The minimum atomic E-state index is -0.205. The number of nitrogens with zero attached hydrogens (tertiary/aromatic N) is 2. The van der Waals surface area contributed by atoms with Gasteiger partial charge in [0.05, 0.1) is 6.26 Å². The molecule has 120 valence electrons. The lowest BCUT2D eigenvalue weighted by Gasteiger charge is -2.05. The molecule has 2 aromatic heterocycles. The smallest absolute Gasteiger partial charge is 0.248 e. The Morgan fingerprint density at radius 1 is 1.17 bits per heavy atom. The molecule has 1 aromatic carbocycles. The minimum Gasteiger partial charge on any atom is -0.465 e. The number of carbonyl (C=O) groups is 1. The van der Waals surface area contributed by atoms with Crippen LogP contribution in [-0.2, 0) is 4.79 Å². The van der Waals surface area contributed by atoms with Crippen molar-refractivity contribution < 1.29 is 9.21 Å². The molecule has 0 atom stereocenters. The molecule has 2 heterocycles. The number of nitrogens with one attached hydrogen (secondary N) is 1. The third kappa shape index (κ3) is 3.76. The van der Waals surface area contributed by atoms with Crippen LogP contribution in [0, 0.1) is 6.92 Å². The van der Waals surface area contributed by atoms with Gasteiger partial charge < -0.3 is 9.73 Å². The molecule has 1 N–H and O–H groups in total. The van der Waals surface area contributed by atoms with E-state index >= 15 is 0 Å². The number of rotatable bonds is 4. The molecule has 3 rings (SSSR count). The Balaban J connectivity index is 1.70. The van der Waals surface area contributed by atoms with Gasteiger partial charge in [-0.1, -0.05) is 0 Å². The predicted octanol–water partition coefficient (Wildman–Crippen LogP) is 4.09. The van der Waals surface area contributed by atoms with E-state index in [2.05, 4.69) is 15.3 Å². The Labute approximate surface area is 140 Å². The highest BCUT2D eigenvalue weighted by Crippen LogP contribution is 2.19. The molecule has 0 spiro atoms. The summed E-state index contributed by atoms with van der Waals surface area (Å²) in [6, 6.07) is 12.9. The average molecular weight is 319 g/mol. The molecule has 24 heavy (non-hydrogen) atoms. The van der Waals surface area contributed by atoms with Gasteiger partial charge in [0.2, 0.25) is 5.91 Å². The molecular weight excluding hydrogens is 302 g/mol. The molecule has 0 aliphatic carbocycles. The Bertz CT molecular complexity index is 866. The van der Waals surface area contributed by atoms with Crippen molar-refractivity contribution in [1.82, 2.24) is 9.97 Å². The molecule has 0 saturated heterocycles. The van der Waals surface area contributed by atoms with Crippen molar-refractivity contribution in [3.05, 3.63) is 72.5 Å². The third-order valence-corrected chi connectivity index (χ3v) is 3.46. The van der Waals surface area contributed by atoms with Gasteiger partial charge in [-0.15, -0.1) is 0 Å². The van der Waals surface area contributed by atoms with Crippen molar-refractivity contribution >= 4 is 17.2 Å². The molecule has 5 nitrogen and oxygen atoms in total. The first-order valence-electron chi connectivity index (χ1n) is 7.55. The van der Waals surface area contributed by atoms with Crippen molar-refractivity contribution in [2.75, 3.05) is 5.32 Å². The summed E-state index contributed by atoms with van der Waals surface area (Å²) in [5.41, 5.74) is 3.29.